The zero-order chi connectivity index (χ0) is 20.1. The van der Waals surface area contributed by atoms with Crippen molar-refractivity contribution in [2.75, 3.05) is 13.1 Å². The van der Waals surface area contributed by atoms with E-state index in [-0.39, 0.29) is 5.91 Å². The number of hydrogen-bond acceptors (Lipinski definition) is 2. The van der Waals surface area contributed by atoms with E-state index in [0.717, 1.165) is 44.3 Å². The number of carboxylic acid groups (broad SMARTS) is 1. The minimum absolute atomic E-state index is 0.209. The third-order valence-corrected chi connectivity index (χ3v) is 5.73. The van der Waals surface area contributed by atoms with Crippen molar-refractivity contribution < 1.29 is 14.7 Å². The van der Waals surface area contributed by atoms with Crippen molar-refractivity contribution in [2.24, 2.45) is 11.3 Å². The van der Waals surface area contributed by atoms with Crippen LogP contribution in [0.15, 0.2) is 54.6 Å². The van der Waals surface area contributed by atoms with E-state index in [1.54, 1.807) is 12.1 Å². The molecule has 28 heavy (non-hydrogen) atoms. The van der Waals surface area contributed by atoms with Crippen LogP contribution >= 0.6 is 0 Å². The Labute approximate surface area is 167 Å². The number of carboxylic acids is 1. The molecular formula is C24H29NO3. The Hall–Kier alpha value is -2.62. The van der Waals surface area contributed by atoms with Crippen molar-refractivity contribution >= 4 is 11.9 Å². The molecule has 0 radical (unpaired) electrons. The first-order valence-electron chi connectivity index (χ1n) is 10.0. The van der Waals surface area contributed by atoms with E-state index in [1.807, 2.05) is 49.1 Å². The van der Waals surface area contributed by atoms with Crippen molar-refractivity contribution in [3.63, 3.8) is 0 Å². The van der Waals surface area contributed by atoms with E-state index >= 15 is 0 Å². The van der Waals surface area contributed by atoms with E-state index in [4.69, 9.17) is 0 Å². The lowest BCUT2D eigenvalue weighted by Crippen LogP contribution is -2.46. The van der Waals surface area contributed by atoms with Gasteiger partial charge in [-0.2, -0.15) is 0 Å². The van der Waals surface area contributed by atoms with Crippen LogP contribution in [-0.2, 0) is 17.6 Å². The first kappa shape index (κ1) is 20.1. The minimum Gasteiger partial charge on any atom is -0.478 e. The van der Waals surface area contributed by atoms with E-state index in [2.05, 4.69) is 12.1 Å². The zero-order valence-corrected chi connectivity index (χ0v) is 16.7. The number of carbonyl (C=O) groups is 2. The van der Waals surface area contributed by atoms with Gasteiger partial charge in [0.1, 0.15) is 0 Å². The number of piperidine rings is 1. The summed E-state index contributed by atoms with van der Waals surface area (Å²) in [4.78, 5) is 26.5. The molecule has 4 heteroatoms. The topological polar surface area (TPSA) is 57.6 Å². The van der Waals surface area contributed by atoms with Gasteiger partial charge in [-0.15, -0.1) is 0 Å². The predicted octanol–water partition coefficient (Wildman–Crippen LogP) is 4.43. The van der Waals surface area contributed by atoms with Crippen molar-refractivity contribution in [1.82, 2.24) is 4.90 Å². The summed E-state index contributed by atoms with van der Waals surface area (Å²) < 4.78 is 0. The number of nitrogens with zero attached hydrogens (tertiary/aromatic N) is 1. The second-order valence-corrected chi connectivity index (χ2v) is 8.45. The second kappa shape index (κ2) is 8.59. The molecule has 0 spiro atoms. The Morgan fingerprint density at radius 3 is 2.25 bits per heavy atom. The Bertz CT molecular complexity index is 821. The van der Waals surface area contributed by atoms with E-state index < -0.39 is 11.4 Å². The van der Waals surface area contributed by atoms with Gasteiger partial charge in [0.15, 0.2) is 0 Å². The van der Waals surface area contributed by atoms with Crippen molar-refractivity contribution in [1.29, 1.82) is 0 Å². The van der Waals surface area contributed by atoms with Gasteiger partial charge in [-0.25, -0.2) is 4.79 Å². The molecule has 1 aliphatic rings. The normalized spacial score (nSPS) is 15.4. The summed E-state index contributed by atoms with van der Waals surface area (Å²) in [6.07, 6.45) is 3.33. The Kier molecular flexibility index (Phi) is 6.18. The molecule has 1 aliphatic heterocycles. The van der Waals surface area contributed by atoms with Gasteiger partial charge in [0.05, 0.1) is 5.56 Å². The summed E-state index contributed by atoms with van der Waals surface area (Å²) in [5.74, 6) is -0.242. The van der Waals surface area contributed by atoms with Gasteiger partial charge in [0.25, 0.3) is 0 Å². The highest BCUT2D eigenvalue weighted by atomic mass is 16.4. The summed E-state index contributed by atoms with van der Waals surface area (Å²) in [5, 5.41) is 9.37. The molecular weight excluding hydrogens is 350 g/mol. The van der Waals surface area contributed by atoms with Gasteiger partial charge in [0.2, 0.25) is 5.91 Å². The molecule has 1 heterocycles. The third kappa shape index (κ3) is 4.80. The maximum atomic E-state index is 13.1. The minimum atomic E-state index is -0.870. The van der Waals surface area contributed by atoms with Gasteiger partial charge in [-0.3, -0.25) is 4.79 Å². The van der Waals surface area contributed by atoms with Crippen LogP contribution < -0.4 is 0 Å². The van der Waals surface area contributed by atoms with Crippen LogP contribution in [0, 0.1) is 11.3 Å². The van der Waals surface area contributed by atoms with E-state index in [9.17, 15) is 14.7 Å². The van der Waals surface area contributed by atoms with Crippen LogP contribution in [-0.4, -0.2) is 35.0 Å². The van der Waals surface area contributed by atoms with Gasteiger partial charge < -0.3 is 10.0 Å². The summed E-state index contributed by atoms with van der Waals surface area (Å²) in [5.41, 5.74) is 2.04. The Balaban J connectivity index is 1.57. The average molecular weight is 380 g/mol. The molecule has 0 aromatic heterocycles. The first-order chi connectivity index (χ1) is 13.4. The molecule has 0 saturated carbocycles. The van der Waals surface area contributed by atoms with Crippen LogP contribution in [0.1, 0.15) is 48.2 Å². The molecule has 1 amide bonds. The number of amides is 1. The monoisotopic (exact) mass is 379 g/mol. The molecule has 0 aliphatic carbocycles. The molecule has 1 fully saturated rings. The average Bonchev–Trinajstić information content (AvgIpc) is 2.69. The van der Waals surface area contributed by atoms with Crippen molar-refractivity contribution in [2.45, 2.75) is 39.5 Å². The molecule has 4 nitrogen and oxygen atoms in total. The highest BCUT2D eigenvalue weighted by Crippen LogP contribution is 2.29. The van der Waals surface area contributed by atoms with Gasteiger partial charge in [-0.1, -0.05) is 62.4 Å². The number of carbonyl (C=O) groups excluding carboxylic acids is 1. The standard InChI is InChI=1S/C24H29NO3/c1-24(2,17-19-8-4-3-5-9-19)23(28)25-14-12-18(13-15-25)16-20-10-6-7-11-21(20)22(26)27/h3-11,18H,12-17H2,1-2H3,(H,26,27). The zero-order valence-electron chi connectivity index (χ0n) is 16.7. The molecule has 148 valence electrons. The third-order valence-electron chi connectivity index (χ3n) is 5.73. The van der Waals surface area contributed by atoms with Crippen LogP contribution in [0.2, 0.25) is 0 Å². The van der Waals surface area contributed by atoms with Gasteiger partial charge in [-0.05, 0) is 48.8 Å². The maximum absolute atomic E-state index is 13.1. The smallest absolute Gasteiger partial charge is 0.335 e. The number of benzene rings is 2. The van der Waals surface area contributed by atoms with Gasteiger partial charge >= 0.3 is 5.97 Å². The predicted molar refractivity (Wildman–Crippen MR) is 110 cm³/mol. The van der Waals surface area contributed by atoms with Crippen LogP contribution in [0.5, 0.6) is 0 Å². The van der Waals surface area contributed by atoms with Gasteiger partial charge in [0, 0.05) is 18.5 Å². The molecule has 3 rings (SSSR count). The molecule has 2 aromatic rings. The van der Waals surface area contributed by atoms with E-state index in [0.29, 0.717) is 11.5 Å². The molecule has 1 N–H and O–H groups in total. The van der Waals surface area contributed by atoms with Crippen molar-refractivity contribution in [3.8, 4) is 0 Å². The number of aromatic carboxylic acids is 1. The fourth-order valence-corrected chi connectivity index (χ4v) is 4.17. The second-order valence-electron chi connectivity index (χ2n) is 8.45. The molecule has 2 aromatic carbocycles. The highest BCUT2D eigenvalue weighted by molar-refractivity contribution is 5.89. The Morgan fingerprint density at radius 2 is 1.61 bits per heavy atom. The number of rotatable bonds is 6. The lowest BCUT2D eigenvalue weighted by atomic mass is 9.82. The molecule has 0 bridgehead atoms. The fraction of sp³-hybridized carbons (Fsp3) is 0.417. The quantitative estimate of drug-likeness (QED) is 0.807. The highest BCUT2D eigenvalue weighted by Gasteiger charge is 2.34. The summed E-state index contributed by atoms with van der Waals surface area (Å²) in [7, 11) is 0. The van der Waals surface area contributed by atoms with Crippen LogP contribution in [0.3, 0.4) is 0 Å². The summed E-state index contributed by atoms with van der Waals surface area (Å²) in [6, 6.07) is 17.4. The first-order valence-corrected chi connectivity index (χ1v) is 10.0. The largest absolute Gasteiger partial charge is 0.478 e. The molecule has 0 unspecified atom stereocenters. The maximum Gasteiger partial charge on any atom is 0.335 e. The SMILES string of the molecule is CC(C)(Cc1ccccc1)C(=O)N1CCC(Cc2ccccc2C(=O)O)CC1. The van der Waals surface area contributed by atoms with Crippen LogP contribution in [0.4, 0.5) is 0 Å². The Morgan fingerprint density at radius 1 is 1.00 bits per heavy atom. The van der Waals surface area contributed by atoms with E-state index in [1.165, 1.54) is 5.56 Å². The molecule has 0 atom stereocenters. The lowest BCUT2D eigenvalue weighted by molar-refractivity contribution is -0.141. The summed E-state index contributed by atoms with van der Waals surface area (Å²) in [6.45, 7) is 5.54. The van der Waals surface area contributed by atoms with Crippen molar-refractivity contribution in [3.05, 3.63) is 71.3 Å². The molecule has 1 saturated heterocycles. The number of likely N-dealkylation sites (tertiary alicyclic amines) is 1. The number of hydrogen-bond donors (Lipinski definition) is 1. The van der Waals surface area contributed by atoms with Crippen LogP contribution in [0.25, 0.3) is 0 Å². The lowest BCUT2D eigenvalue weighted by Gasteiger charge is -2.37. The fourth-order valence-electron chi connectivity index (χ4n) is 4.17. The summed E-state index contributed by atoms with van der Waals surface area (Å²) >= 11 is 0.